The number of methoxy groups -OCH3 is 2. The molecule has 1 saturated heterocycles. The van der Waals surface area contributed by atoms with Gasteiger partial charge in [-0.3, -0.25) is 19.3 Å². The number of benzene rings is 2. The van der Waals surface area contributed by atoms with Gasteiger partial charge >= 0.3 is 5.97 Å². The number of carbonyl (C=O) groups is 3. The number of thioether (sulfide) groups is 1. The highest BCUT2D eigenvalue weighted by Crippen LogP contribution is 2.37. The van der Waals surface area contributed by atoms with E-state index in [0.717, 1.165) is 22.2 Å². The van der Waals surface area contributed by atoms with Crippen molar-refractivity contribution in [1.29, 1.82) is 0 Å². The molecule has 156 valence electrons. The van der Waals surface area contributed by atoms with Crippen LogP contribution in [-0.4, -0.2) is 42.8 Å². The van der Waals surface area contributed by atoms with E-state index in [4.69, 9.17) is 21.1 Å². The van der Waals surface area contributed by atoms with Crippen LogP contribution in [0.1, 0.15) is 11.1 Å². The lowest BCUT2D eigenvalue weighted by Gasteiger charge is -2.14. The van der Waals surface area contributed by atoms with Crippen molar-refractivity contribution in [3.05, 3.63) is 63.5 Å². The van der Waals surface area contributed by atoms with Crippen LogP contribution in [0.2, 0.25) is 5.02 Å². The van der Waals surface area contributed by atoms with E-state index >= 15 is 0 Å². The Bertz CT molecular complexity index is 1020. The van der Waals surface area contributed by atoms with Gasteiger partial charge in [0.05, 0.1) is 19.1 Å². The maximum Gasteiger partial charge on any atom is 0.325 e. The summed E-state index contributed by atoms with van der Waals surface area (Å²) in [6.07, 6.45) is 1.54. The highest BCUT2D eigenvalue weighted by molar-refractivity contribution is 8.18. The molecule has 30 heavy (non-hydrogen) atoms. The van der Waals surface area contributed by atoms with Gasteiger partial charge in [-0.2, -0.15) is 0 Å². The van der Waals surface area contributed by atoms with Gasteiger partial charge in [0, 0.05) is 10.6 Å². The number of hydrogen-bond acceptors (Lipinski definition) is 7. The van der Waals surface area contributed by atoms with Crippen LogP contribution in [0.15, 0.2) is 47.4 Å². The molecule has 0 unspecified atom stereocenters. The topological polar surface area (TPSA) is 82.1 Å². The highest BCUT2D eigenvalue weighted by atomic mass is 35.5. The quantitative estimate of drug-likeness (QED) is 0.466. The SMILES string of the molecule is COC(=O)CN1C(=O)S/C(=C\c2cccc(OC)c2OCc2cccc(Cl)c2)C1=O. The second-order valence-corrected chi connectivity index (χ2v) is 7.57. The highest BCUT2D eigenvalue weighted by Gasteiger charge is 2.36. The molecule has 1 aliphatic heterocycles. The minimum absolute atomic E-state index is 0.171. The zero-order valence-corrected chi connectivity index (χ0v) is 17.8. The third-order valence-electron chi connectivity index (χ3n) is 4.18. The second-order valence-electron chi connectivity index (χ2n) is 6.14. The lowest BCUT2D eigenvalue weighted by atomic mass is 10.1. The van der Waals surface area contributed by atoms with Gasteiger partial charge in [0.25, 0.3) is 11.1 Å². The molecule has 0 spiro atoms. The maximum atomic E-state index is 12.6. The summed E-state index contributed by atoms with van der Waals surface area (Å²) in [5.41, 5.74) is 1.41. The van der Waals surface area contributed by atoms with Crippen molar-refractivity contribution in [3.8, 4) is 11.5 Å². The third kappa shape index (κ3) is 4.95. The van der Waals surface area contributed by atoms with Crippen molar-refractivity contribution < 1.29 is 28.6 Å². The molecule has 2 amide bonds. The lowest BCUT2D eigenvalue weighted by molar-refractivity contribution is -0.143. The molecular weight excluding hydrogens is 430 g/mol. The zero-order valence-electron chi connectivity index (χ0n) is 16.2. The van der Waals surface area contributed by atoms with E-state index in [0.29, 0.717) is 22.1 Å². The second kappa shape index (κ2) is 9.69. The molecule has 3 rings (SSSR count). The molecule has 0 aliphatic carbocycles. The van der Waals surface area contributed by atoms with Crippen LogP contribution in [-0.2, 0) is 20.9 Å². The van der Waals surface area contributed by atoms with Crippen LogP contribution >= 0.6 is 23.4 Å². The van der Waals surface area contributed by atoms with Crippen LogP contribution in [0.25, 0.3) is 6.08 Å². The summed E-state index contributed by atoms with van der Waals surface area (Å²) in [4.78, 5) is 37.2. The molecule has 0 atom stereocenters. The van der Waals surface area contributed by atoms with Crippen molar-refractivity contribution in [2.45, 2.75) is 6.61 Å². The number of rotatable bonds is 7. The van der Waals surface area contributed by atoms with Gasteiger partial charge in [0.1, 0.15) is 13.2 Å². The minimum Gasteiger partial charge on any atom is -0.493 e. The molecule has 1 heterocycles. The lowest BCUT2D eigenvalue weighted by Crippen LogP contribution is -2.34. The number of carbonyl (C=O) groups excluding carboxylic acids is 3. The number of ether oxygens (including phenoxy) is 3. The predicted octanol–water partition coefficient (Wildman–Crippen LogP) is 4.14. The van der Waals surface area contributed by atoms with E-state index < -0.39 is 23.7 Å². The average molecular weight is 448 g/mol. The van der Waals surface area contributed by atoms with Crippen LogP contribution in [0.4, 0.5) is 4.79 Å². The molecule has 1 fully saturated rings. The van der Waals surface area contributed by atoms with Crippen LogP contribution in [0.3, 0.4) is 0 Å². The summed E-state index contributed by atoms with van der Waals surface area (Å²) in [6.45, 7) is -0.208. The number of imide groups is 1. The zero-order chi connectivity index (χ0) is 21.7. The predicted molar refractivity (Wildman–Crippen MR) is 113 cm³/mol. The third-order valence-corrected chi connectivity index (χ3v) is 5.32. The number of para-hydroxylation sites is 1. The molecule has 0 aromatic heterocycles. The Hall–Kier alpha value is -2.97. The van der Waals surface area contributed by atoms with E-state index in [9.17, 15) is 14.4 Å². The summed E-state index contributed by atoms with van der Waals surface area (Å²) < 4.78 is 15.9. The molecule has 0 saturated carbocycles. The first kappa shape index (κ1) is 21.7. The summed E-state index contributed by atoms with van der Waals surface area (Å²) in [5.74, 6) is -0.358. The van der Waals surface area contributed by atoms with Gasteiger partial charge in [-0.25, -0.2) is 0 Å². The molecule has 7 nitrogen and oxygen atoms in total. The van der Waals surface area contributed by atoms with Crippen molar-refractivity contribution in [3.63, 3.8) is 0 Å². The van der Waals surface area contributed by atoms with E-state index in [2.05, 4.69) is 4.74 Å². The van der Waals surface area contributed by atoms with Crippen molar-refractivity contribution in [2.75, 3.05) is 20.8 Å². The largest absolute Gasteiger partial charge is 0.493 e. The summed E-state index contributed by atoms with van der Waals surface area (Å²) >= 11 is 6.76. The molecule has 2 aromatic carbocycles. The van der Waals surface area contributed by atoms with E-state index in [-0.39, 0.29) is 11.5 Å². The fourth-order valence-corrected chi connectivity index (χ4v) is 3.76. The molecule has 0 radical (unpaired) electrons. The van der Waals surface area contributed by atoms with E-state index in [1.807, 2.05) is 12.1 Å². The number of hydrogen-bond donors (Lipinski definition) is 0. The summed E-state index contributed by atoms with van der Waals surface area (Å²) in [7, 11) is 2.70. The Morgan fingerprint density at radius 2 is 1.93 bits per heavy atom. The van der Waals surface area contributed by atoms with Crippen LogP contribution < -0.4 is 9.47 Å². The van der Waals surface area contributed by atoms with Gasteiger partial charge in [0.15, 0.2) is 11.5 Å². The summed E-state index contributed by atoms with van der Waals surface area (Å²) in [6, 6.07) is 12.5. The molecule has 1 aliphatic rings. The fourth-order valence-electron chi connectivity index (χ4n) is 2.72. The molecule has 9 heteroatoms. The number of amides is 2. The molecule has 0 bridgehead atoms. The Morgan fingerprint density at radius 3 is 2.63 bits per heavy atom. The number of esters is 1. The monoisotopic (exact) mass is 447 g/mol. The smallest absolute Gasteiger partial charge is 0.325 e. The first-order chi connectivity index (χ1) is 14.4. The first-order valence-corrected chi connectivity index (χ1v) is 9.98. The van der Waals surface area contributed by atoms with Crippen LogP contribution in [0.5, 0.6) is 11.5 Å². The Balaban J connectivity index is 1.88. The van der Waals surface area contributed by atoms with Gasteiger partial charge in [0.2, 0.25) is 0 Å². The summed E-state index contributed by atoms with van der Waals surface area (Å²) in [5, 5.41) is 0.0524. The standard InChI is InChI=1S/C21H18ClNO6S/c1-27-16-8-4-6-14(19(16)29-12-13-5-3-7-15(22)9-13)10-17-20(25)23(21(26)30-17)11-18(24)28-2/h3-10H,11-12H2,1-2H3/b17-10-. The van der Waals surface area contributed by atoms with Crippen LogP contribution in [0, 0.1) is 0 Å². The Kier molecular flexibility index (Phi) is 7.02. The molecule has 2 aromatic rings. The van der Waals surface area contributed by atoms with E-state index in [1.54, 1.807) is 30.3 Å². The van der Waals surface area contributed by atoms with Gasteiger partial charge in [-0.15, -0.1) is 0 Å². The maximum absolute atomic E-state index is 12.6. The Labute approximate surface area is 182 Å². The van der Waals surface area contributed by atoms with Gasteiger partial charge < -0.3 is 14.2 Å². The van der Waals surface area contributed by atoms with Crippen molar-refractivity contribution in [1.82, 2.24) is 4.90 Å². The fraction of sp³-hybridized carbons (Fsp3) is 0.190. The first-order valence-electron chi connectivity index (χ1n) is 8.79. The minimum atomic E-state index is -0.675. The van der Waals surface area contributed by atoms with Gasteiger partial charge in [-0.1, -0.05) is 35.9 Å². The average Bonchev–Trinajstić information content (AvgIpc) is 2.99. The normalized spacial score (nSPS) is 14.9. The molecule has 0 N–H and O–H groups in total. The van der Waals surface area contributed by atoms with Crippen molar-refractivity contribution in [2.24, 2.45) is 0 Å². The van der Waals surface area contributed by atoms with Crippen molar-refractivity contribution >= 4 is 46.6 Å². The van der Waals surface area contributed by atoms with E-state index in [1.165, 1.54) is 20.3 Å². The number of nitrogens with zero attached hydrogens (tertiary/aromatic N) is 1. The Morgan fingerprint density at radius 1 is 1.17 bits per heavy atom. The van der Waals surface area contributed by atoms with Gasteiger partial charge in [-0.05, 0) is 41.6 Å². The molecular formula is C21H18ClNO6S. The number of halogens is 1.